The van der Waals surface area contributed by atoms with Crippen molar-refractivity contribution in [2.24, 2.45) is 5.18 Å². The summed E-state index contributed by atoms with van der Waals surface area (Å²) in [5.41, 5.74) is 3.87. The normalized spacial score (nSPS) is 15.1. The lowest BCUT2D eigenvalue weighted by molar-refractivity contribution is 1.03. The van der Waals surface area contributed by atoms with Crippen molar-refractivity contribution in [1.82, 2.24) is 0 Å². The van der Waals surface area contributed by atoms with Crippen molar-refractivity contribution >= 4 is 0 Å². The van der Waals surface area contributed by atoms with E-state index in [4.69, 9.17) is 0 Å². The molecule has 1 aliphatic carbocycles. The molecule has 0 aromatic carbocycles. The smallest absolute Gasteiger partial charge is 0.110 e. The highest BCUT2D eigenvalue weighted by Crippen LogP contribution is 2.07. The molecular weight excluding hydrogens is 90.1 g/mol. The van der Waals surface area contributed by atoms with Crippen molar-refractivity contribution in [3.05, 3.63) is 22.3 Å². The third-order valence-corrected chi connectivity index (χ3v) is 0.910. The second-order valence-corrected chi connectivity index (χ2v) is 1.44. The van der Waals surface area contributed by atoms with Crippen molar-refractivity contribution in [2.45, 2.75) is 6.42 Å². The highest BCUT2D eigenvalue weighted by Gasteiger charge is 1.97. The van der Waals surface area contributed by atoms with Gasteiger partial charge in [0, 0.05) is 12.0 Å². The standard InChI is InChI=1S/C5H5NO/c7-6-4-5-2-1-3-5/h1H,2,4H2. The van der Waals surface area contributed by atoms with Gasteiger partial charge in [0.1, 0.15) is 6.54 Å². The van der Waals surface area contributed by atoms with E-state index in [0.717, 1.165) is 12.0 Å². The van der Waals surface area contributed by atoms with Gasteiger partial charge in [0.2, 0.25) is 0 Å². The van der Waals surface area contributed by atoms with Crippen LogP contribution in [0.25, 0.3) is 0 Å². The minimum Gasteiger partial charge on any atom is -0.150 e. The van der Waals surface area contributed by atoms with Crippen LogP contribution >= 0.6 is 0 Å². The molecule has 0 aliphatic heterocycles. The Morgan fingerprint density at radius 1 is 2.00 bits per heavy atom. The van der Waals surface area contributed by atoms with Gasteiger partial charge in [0.05, 0.1) is 0 Å². The molecule has 2 heteroatoms. The molecule has 1 rings (SSSR count). The van der Waals surface area contributed by atoms with Crippen molar-refractivity contribution in [2.75, 3.05) is 6.54 Å². The summed E-state index contributed by atoms with van der Waals surface area (Å²) in [5, 5.41) is 2.69. The molecule has 0 heterocycles. The number of nitroso groups, excluding NO2 is 1. The fraction of sp³-hybridized carbons (Fsp3) is 0.400. The molecule has 0 unspecified atom stereocenters. The van der Waals surface area contributed by atoms with Gasteiger partial charge in [-0.05, 0) is 6.08 Å². The Morgan fingerprint density at radius 2 is 2.71 bits per heavy atom. The van der Waals surface area contributed by atoms with Crippen LogP contribution < -0.4 is 0 Å². The van der Waals surface area contributed by atoms with Crippen molar-refractivity contribution in [1.29, 1.82) is 0 Å². The van der Waals surface area contributed by atoms with Crippen LogP contribution in [-0.2, 0) is 0 Å². The minimum atomic E-state index is 0.330. The third-order valence-electron chi connectivity index (χ3n) is 0.910. The summed E-state index contributed by atoms with van der Waals surface area (Å²) < 4.78 is 0. The van der Waals surface area contributed by atoms with Gasteiger partial charge in [-0.2, -0.15) is 4.91 Å². The molecule has 0 amide bonds. The lowest BCUT2D eigenvalue weighted by Gasteiger charge is -1.97. The monoisotopic (exact) mass is 95.0 g/mol. The minimum absolute atomic E-state index is 0.330. The zero-order chi connectivity index (χ0) is 5.11. The average molecular weight is 95.1 g/mol. The Kier molecular flexibility index (Phi) is 1.05. The zero-order valence-corrected chi connectivity index (χ0v) is 3.85. The van der Waals surface area contributed by atoms with Gasteiger partial charge in [0.15, 0.2) is 0 Å². The predicted molar refractivity (Wildman–Crippen MR) is 26.9 cm³/mol. The summed E-state index contributed by atoms with van der Waals surface area (Å²) in [6.45, 7) is 0.330. The molecule has 0 saturated carbocycles. The first kappa shape index (κ1) is 4.28. The maximum atomic E-state index is 9.48. The molecule has 0 aromatic rings. The fourth-order valence-electron chi connectivity index (χ4n) is 0.435. The molecule has 0 aromatic heterocycles. The van der Waals surface area contributed by atoms with Gasteiger partial charge < -0.3 is 0 Å². The molecule has 0 fully saturated rings. The topological polar surface area (TPSA) is 29.4 Å². The molecule has 36 valence electrons. The number of nitrogens with zero attached hydrogens (tertiary/aromatic N) is 1. The Hall–Kier alpha value is -0.880. The molecule has 0 N–H and O–H groups in total. The van der Waals surface area contributed by atoms with Crippen LogP contribution in [0.5, 0.6) is 0 Å². The summed E-state index contributed by atoms with van der Waals surface area (Å²) in [5.74, 6) is 0. The van der Waals surface area contributed by atoms with Gasteiger partial charge in [-0.1, -0.05) is 5.18 Å². The van der Waals surface area contributed by atoms with Gasteiger partial charge in [-0.25, -0.2) is 0 Å². The number of rotatable bonds is 2. The van der Waals surface area contributed by atoms with E-state index in [0.29, 0.717) is 6.54 Å². The number of hydrogen-bond acceptors (Lipinski definition) is 2. The molecule has 0 radical (unpaired) electrons. The van der Waals surface area contributed by atoms with Crippen molar-refractivity contribution in [3.8, 4) is 0 Å². The second-order valence-electron chi connectivity index (χ2n) is 1.44. The lowest BCUT2D eigenvalue weighted by Crippen LogP contribution is -1.88. The molecule has 7 heavy (non-hydrogen) atoms. The average Bonchev–Trinajstić information content (AvgIpc) is 1.55. The highest BCUT2D eigenvalue weighted by atomic mass is 16.3. The van der Waals surface area contributed by atoms with E-state index in [1.165, 1.54) is 0 Å². The number of hydrogen-bond donors (Lipinski definition) is 0. The van der Waals surface area contributed by atoms with E-state index in [1.807, 2.05) is 6.08 Å². The first-order valence-electron chi connectivity index (χ1n) is 2.15. The molecule has 0 atom stereocenters. The summed E-state index contributed by atoms with van der Waals surface area (Å²) >= 11 is 0. The Balaban J connectivity index is 2.42. The first-order chi connectivity index (χ1) is 3.43. The Morgan fingerprint density at radius 3 is 2.86 bits per heavy atom. The van der Waals surface area contributed by atoms with Gasteiger partial charge in [-0.15, -0.1) is 5.73 Å². The molecular formula is C5H5NO. The van der Waals surface area contributed by atoms with Crippen LogP contribution in [0.2, 0.25) is 0 Å². The molecule has 0 saturated heterocycles. The molecule has 0 bridgehead atoms. The molecule has 0 spiro atoms. The Labute approximate surface area is 41.5 Å². The van der Waals surface area contributed by atoms with Crippen LogP contribution in [0.1, 0.15) is 6.42 Å². The van der Waals surface area contributed by atoms with Crippen LogP contribution in [0.4, 0.5) is 0 Å². The van der Waals surface area contributed by atoms with E-state index in [1.54, 1.807) is 0 Å². The fourth-order valence-corrected chi connectivity index (χ4v) is 0.435. The summed E-state index contributed by atoms with van der Waals surface area (Å²) in [6, 6.07) is 0. The van der Waals surface area contributed by atoms with Crippen molar-refractivity contribution < 1.29 is 0 Å². The van der Waals surface area contributed by atoms with Crippen molar-refractivity contribution in [3.63, 3.8) is 0 Å². The highest BCUT2D eigenvalue weighted by molar-refractivity contribution is 5.17. The second kappa shape index (κ2) is 1.71. The van der Waals surface area contributed by atoms with Crippen LogP contribution in [0.15, 0.2) is 22.6 Å². The van der Waals surface area contributed by atoms with Crippen LogP contribution in [-0.4, -0.2) is 6.54 Å². The van der Waals surface area contributed by atoms with E-state index in [-0.39, 0.29) is 0 Å². The van der Waals surface area contributed by atoms with E-state index in [9.17, 15) is 4.91 Å². The summed E-state index contributed by atoms with van der Waals surface area (Å²) in [7, 11) is 0. The quantitative estimate of drug-likeness (QED) is 0.374. The first-order valence-corrected chi connectivity index (χ1v) is 2.15. The summed E-state index contributed by atoms with van der Waals surface area (Å²) in [4.78, 5) is 9.48. The van der Waals surface area contributed by atoms with Crippen LogP contribution in [0, 0.1) is 4.91 Å². The lowest BCUT2D eigenvalue weighted by atomic mass is 10.1. The zero-order valence-electron chi connectivity index (χ0n) is 3.85. The SMILES string of the molecule is O=NCC1=C=CC1. The maximum Gasteiger partial charge on any atom is 0.110 e. The van der Waals surface area contributed by atoms with Crippen LogP contribution in [0.3, 0.4) is 0 Å². The van der Waals surface area contributed by atoms with E-state index in [2.05, 4.69) is 10.9 Å². The van der Waals surface area contributed by atoms with Gasteiger partial charge in [0.25, 0.3) is 0 Å². The molecule has 2 nitrogen and oxygen atoms in total. The van der Waals surface area contributed by atoms with E-state index < -0.39 is 0 Å². The Bertz CT molecular complexity index is 142. The maximum absolute atomic E-state index is 9.48. The largest absolute Gasteiger partial charge is 0.150 e. The molecule has 1 aliphatic rings. The predicted octanol–water partition coefficient (Wildman–Crippen LogP) is 1.24. The summed E-state index contributed by atoms with van der Waals surface area (Å²) in [6.07, 6.45) is 2.80. The van der Waals surface area contributed by atoms with E-state index >= 15 is 0 Å². The van der Waals surface area contributed by atoms with Gasteiger partial charge in [-0.3, -0.25) is 0 Å². The third kappa shape index (κ3) is 0.756. The van der Waals surface area contributed by atoms with Gasteiger partial charge >= 0.3 is 0 Å².